The first-order valence-corrected chi connectivity index (χ1v) is 6.61. The molecule has 0 aliphatic rings. The first-order chi connectivity index (χ1) is 10.1. The average Bonchev–Trinajstić information content (AvgIpc) is 2.46. The van der Waals surface area contributed by atoms with E-state index in [4.69, 9.17) is 10.5 Å². The monoisotopic (exact) mass is 291 g/mol. The number of nitrogen functional groups attached to an aromatic ring is 1. The highest BCUT2D eigenvalue weighted by molar-refractivity contribution is 5.62. The minimum atomic E-state index is -0.421. The third-order valence-electron chi connectivity index (χ3n) is 2.72. The fourth-order valence-electron chi connectivity index (χ4n) is 1.76. The van der Waals surface area contributed by atoms with Crippen molar-refractivity contribution in [3.8, 4) is 5.75 Å². The highest BCUT2D eigenvalue weighted by Gasteiger charge is 2.06. The largest absolute Gasteiger partial charge is 0.494 e. The fraction of sp³-hybridized carbons (Fsp3) is 0.286. The van der Waals surface area contributed by atoms with Crippen LogP contribution in [0.4, 0.5) is 27.7 Å². The van der Waals surface area contributed by atoms with Crippen LogP contribution in [0.2, 0.25) is 0 Å². The van der Waals surface area contributed by atoms with Crippen LogP contribution in [-0.2, 0) is 0 Å². The van der Waals surface area contributed by atoms with Gasteiger partial charge in [-0.15, -0.1) is 0 Å². The van der Waals surface area contributed by atoms with Crippen LogP contribution < -0.4 is 21.1 Å². The van der Waals surface area contributed by atoms with Gasteiger partial charge in [0.2, 0.25) is 5.95 Å². The molecule has 0 saturated carbocycles. The molecule has 0 aliphatic heterocycles. The van der Waals surface area contributed by atoms with Crippen LogP contribution in [0, 0.1) is 5.82 Å². The van der Waals surface area contributed by atoms with Gasteiger partial charge in [-0.25, -0.2) is 4.39 Å². The number of nitrogens with one attached hydrogen (secondary N) is 2. The standard InChI is InChI=1S/C14H18FN5O/c1-3-6-17-12-8-13(20-14(16)19-12)18-9-4-5-10(15)11(7-9)21-2/h4-5,7-8H,3,6H2,1-2H3,(H4,16,17,18,19,20). The van der Waals surface area contributed by atoms with Gasteiger partial charge >= 0.3 is 0 Å². The van der Waals surface area contributed by atoms with Crippen molar-refractivity contribution < 1.29 is 9.13 Å². The number of aromatic nitrogens is 2. The Hall–Kier alpha value is -2.57. The smallest absolute Gasteiger partial charge is 0.223 e. The van der Waals surface area contributed by atoms with Gasteiger partial charge in [0, 0.05) is 24.4 Å². The minimum absolute atomic E-state index is 0.159. The molecule has 0 fully saturated rings. The van der Waals surface area contributed by atoms with Crippen molar-refractivity contribution in [1.82, 2.24) is 9.97 Å². The van der Waals surface area contributed by atoms with Crippen molar-refractivity contribution in [2.75, 3.05) is 30.0 Å². The van der Waals surface area contributed by atoms with E-state index in [1.807, 2.05) is 0 Å². The summed E-state index contributed by atoms with van der Waals surface area (Å²) in [7, 11) is 1.41. The quantitative estimate of drug-likeness (QED) is 0.759. The van der Waals surface area contributed by atoms with Gasteiger partial charge in [-0.2, -0.15) is 9.97 Å². The second-order valence-electron chi connectivity index (χ2n) is 4.40. The molecule has 1 aromatic carbocycles. The summed E-state index contributed by atoms with van der Waals surface area (Å²) in [5, 5.41) is 6.18. The lowest BCUT2D eigenvalue weighted by atomic mass is 10.3. The Bertz CT molecular complexity index is 620. The number of hydrogen-bond acceptors (Lipinski definition) is 6. The molecule has 0 bridgehead atoms. The Morgan fingerprint density at radius 1 is 1.24 bits per heavy atom. The number of nitrogens with zero attached hydrogens (tertiary/aromatic N) is 2. The SMILES string of the molecule is CCCNc1cc(Nc2ccc(F)c(OC)c2)nc(N)n1. The number of nitrogens with two attached hydrogens (primary N) is 1. The van der Waals surface area contributed by atoms with Crippen molar-refractivity contribution in [2.45, 2.75) is 13.3 Å². The number of hydrogen-bond donors (Lipinski definition) is 3. The molecule has 0 atom stereocenters. The van der Waals surface area contributed by atoms with Gasteiger partial charge in [0.25, 0.3) is 0 Å². The molecule has 2 rings (SSSR count). The zero-order chi connectivity index (χ0) is 15.2. The molecule has 6 nitrogen and oxygen atoms in total. The van der Waals surface area contributed by atoms with Gasteiger partial charge in [-0.05, 0) is 18.6 Å². The molecule has 21 heavy (non-hydrogen) atoms. The maximum absolute atomic E-state index is 13.4. The molecule has 4 N–H and O–H groups in total. The van der Waals surface area contributed by atoms with E-state index in [0.29, 0.717) is 17.3 Å². The Morgan fingerprint density at radius 3 is 2.71 bits per heavy atom. The lowest BCUT2D eigenvalue weighted by Crippen LogP contribution is -2.06. The van der Waals surface area contributed by atoms with E-state index in [0.717, 1.165) is 13.0 Å². The van der Waals surface area contributed by atoms with Crippen molar-refractivity contribution in [3.05, 3.63) is 30.1 Å². The summed E-state index contributed by atoms with van der Waals surface area (Å²) in [5.74, 6) is 1.06. The summed E-state index contributed by atoms with van der Waals surface area (Å²) in [5.41, 5.74) is 6.32. The number of halogens is 1. The summed E-state index contributed by atoms with van der Waals surface area (Å²) in [6, 6.07) is 6.20. The van der Waals surface area contributed by atoms with Crippen molar-refractivity contribution in [3.63, 3.8) is 0 Å². The van der Waals surface area contributed by atoms with Crippen molar-refractivity contribution in [2.24, 2.45) is 0 Å². The summed E-state index contributed by atoms with van der Waals surface area (Å²) in [6.07, 6.45) is 0.974. The van der Waals surface area contributed by atoms with Gasteiger partial charge in [-0.1, -0.05) is 6.92 Å². The van der Waals surface area contributed by atoms with Gasteiger partial charge in [0.1, 0.15) is 11.6 Å². The Labute approximate surface area is 122 Å². The van der Waals surface area contributed by atoms with Crippen LogP contribution in [0.15, 0.2) is 24.3 Å². The highest BCUT2D eigenvalue weighted by atomic mass is 19.1. The zero-order valence-electron chi connectivity index (χ0n) is 12.0. The number of methoxy groups -OCH3 is 1. The van der Waals surface area contributed by atoms with Gasteiger partial charge in [0.05, 0.1) is 7.11 Å². The molecule has 0 saturated heterocycles. The van der Waals surface area contributed by atoms with E-state index < -0.39 is 5.82 Å². The fourth-order valence-corrected chi connectivity index (χ4v) is 1.76. The molecule has 1 heterocycles. The summed E-state index contributed by atoms with van der Waals surface area (Å²) >= 11 is 0. The van der Waals surface area contributed by atoms with Crippen molar-refractivity contribution in [1.29, 1.82) is 0 Å². The van der Waals surface area contributed by atoms with Crippen LogP contribution in [0.1, 0.15) is 13.3 Å². The van der Waals surface area contributed by atoms with E-state index in [2.05, 4.69) is 27.5 Å². The lowest BCUT2D eigenvalue weighted by molar-refractivity contribution is 0.387. The van der Waals surface area contributed by atoms with Crippen LogP contribution in [0.3, 0.4) is 0 Å². The Balaban J connectivity index is 2.20. The summed E-state index contributed by atoms with van der Waals surface area (Å²) < 4.78 is 18.3. The Morgan fingerprint density at radius 2 is 2.00 bits per heavy atom. The summed E-state index contributed by atoms with van der Waals surface area (Å²) in [4.78, 5) is 8.19. The third-order valence-corrected chi connectivity index (χ3v) is 2.72. The normalized spacial score (nSPS) is 10.2. The molecule has 0 radical (unpaired) electrons. The molecular weight excluding hydrogens is 273 g/mol. The van der Waals surface area contributed by atoms with Gasteiger partial charge < -0.3 is 21.1 Å². The van der Waals surface area contributed by atoms with Crippen molar-refractivity contribution >= 4 is 23.3 Å². The van der Waals surface area contributed by atoms with Gasteiger partial charge in [0.15, 0.2) is 11.6 Å². The highest BCUT2D eigenvalue weighted by Crippen LogP contribution is 2.24. The van der Waals surface area contributed by atoms with E-state index in [9.17, 15) is 4.39 Å². The van der Waals surface area contributed by atoms with Crippen LogP contribution in [-0.4, -0.2) is 23.6 Å². The average molecular weight is 291 g/mol. The maximum atomic E-state index is 13.4. The molecular formula is C14H18FN5O. The molecule has 1 aromatic heterocycles. The third kappa shape index (κ3) is 3.95. The number of benzene rings is 1. The zero-order valence-corrected chi connectivity index (χ0v) is 12.0. The topological polar surface area (TPSA) is 85.1 Å². The van der Waals surface area contributed by atoms with Crippen LogP contribution in [0.25, 0.3) is 0 Å². The first-order valence-electron chi connectivity index (χ1n) is 6.61. The van der Waals surface area contributed by atoms with E-state index in [1.54, 1.807) is 18.2 Å². The van der Waals surface area contributed by atoms with E-state index in [1.165, 1.54) is 13.2 Å². The molecule has 0 amide bonds. The minimum Gasteiger partial charge on any atom is -0.494 e. The van der Waals surface area contributed by atoms with E-state index >= 15 is 0 Å². The second-order valence-corrected chi connectivity index (χ2v) is 4.40. The number of rotatable bonds is 6. The molecule has 0 aliphatic carbocycles. The first kappa shape index (κ1) is 14.8. The molecule has 7 heteroatoms. The molecule has 2 aromatic rings. The molecule has 0 spiro atoms. The molecule has 0 unspecified atom stereocenters. The summed E-state index contributed by atoms with van der Waals surface area (Å²) in [6.45, 7) is 2.85. The lowest BCUT2D eigenvalue weighted by Gasteiger charge is -2.10. The maximum Gasteiger partial charge on any atom is 0.223 e. The van der Waals surface area contributed by atoms with E-state index in [-0.39, 0.29) is 11.7 Å². The molecule has 112 valence electrons. The second kappa shape index (κ2) is 6.74. The predicted molar refractivity (Wildman–Crippen MR) is 81.5 cm³/mol. The van der Waals surface area contributed by atoms with Gasteiger partial charge in [-0.3, -0.25) is 0 Å². The number of anilines is 4. The number of ether oxygens (including phenoxy) is 1. The van der Waals surface area contributed by atoms with Crippen LogP contribution >= 0.6 is 0 Å². The van der Waals surface area contributed by atoms with Crippen LogP contribution in [0.5, 0.6) is 5.75 Å². The Kier molecular flexibility index (Phi) is 4.76. The predicted octanol–water partition coefficient (Wildman–Crippen LogP) is 2.77.